The van der Waals surface area contributed by atoms with Gasteiger partial charge in [-0.2, -0.15) is 0 Å². The Labute approximate surface area is 113 Å². The van der Waals surface area contributed by atoms with Gasteiger partial charge in [0.15, 0.2) is 0 Å². The molecule has 1 aliphatic carbocycles. The van der Waals surface area contributed by atoms with E-state index in [1.54, 1.807) is 18.2 Å². The number of anilines is 2. The third-order valence-corrected chi connectivity index (χ3v) is 4.02. The first-order valence-electron chi connectivity index (χ1n) is 6.79. The molecule has 0 aromatic heterocycles. The van der Waals surface area contributed by atoms with Crippen LogP contribution >= 0.6 is 0 Å². The summed E-state index contributed by atoms with van der Waals surface area (Å²) in [6, 6.07) is 5.03. The number of nitrogen functional groups attached to an aromatic ring is 1. The fourth-order valence-electron chi connectivity index (χ4n) is 2.80. The lowest BCUT2D eigenvalue weighted by Gasteiger charge is -2.34. The normalized spacial score (nSPS) is 17.9. The molecule has 3 N–H and O–H groups in total. The van der Waals surface area contributed by atoms with Gasteiger partial charge in [-0.25, -0.2) is 0 Å². The van der Waals surface area contributed by atoms with Crippen LogP contribution in [0.4, 0.5) is 17.1 Å². The summed E-state index contributed by atoms with van der Waals surface area (Å²) in [5.41, 5.74) is 6.64. The van der Waals surface area contributed by atoms with Crippen molar-refractivity contribution in [3.05, 3.63) is 28.3 Å². The predicted octanol–water partition coefficient (Wildman–Crippen LogP) is 3.56. The first kappa shape index (κ1) is 13.6. The summed E-state index contributed by atoms with van der Waals surface area (Å²) in [5.74, 6) is 0. The number of nitrogens with one attached hydrogen (secondary N) is 1. The average molecular weight is 263 g/mol. The molecule has 5 heteroatoms. The second-order valence-electron chi connectivity index (χ2n) is 5.73. The molecule has 1 aromatic carbocycles. The van der Waals surface area contributed by atoms with Crippen molar-refractivity contribution in [2.45, 2.75) is 39.0 Å². The first-order chi connectivity index (χ1) is 9.02. The molecular weight excluding hydrogens is 242 g/mol. The number of nitrogens with zero attached hydrogens (tertiary/aromatic N) is 1. The average Bonchev–Trinajstić information content (AvgIpc) is 2.37. The van der Waals surface area contributed by atoms with Gasteiger partial charge in [0, 0.05) is 6.54 Å². The lowest BCUT2D eigenvalue weighted by molar-refractivity contribution is -0.383. The van der Waals surface area contributed by atoms with Gasteiger partial charge in [0.05, 0.1) is 4.92 Å². The fraction of sp³-hybridized carbons (Fsp3) is 0.571. The second kappa shape index (κ2) is 5.47. The Bertz CT molecular complexity index is 468. The molecule has 0 aliphatic heterocycles. The van der Waals surface area contributed by atoms with E-state index in [0.717, 1.165) is 6.54 Å². The van der Waals surface area contributed by atoms with Crippen molar-refractivity contribution in [3.63, 3.8) is 0 Å². The quantitative estimate of drug-likeness (QED) is 0.494. The molecule has 0 unspecified atom stereocenters. The summed E-state index contributed by atoms with van der Waals surface area (Å²) < 4.78 is 0. The summed E-state index contributed by atoms with van der Waals surface area (Å²) in [7, 11) is 0. The second-order valence-corrected chi connectivity index (χ2v) is 5.73. The number of para-hydroxylation sites is 1. The van der Waals surface area contributed by atoms with Crippen molar-refractivity contribution in [3.8, 4) is 0 Å². The monoisotopic (exact) mass is 263 g/mol. The molecule has 1 aromatic rings. The number of nitro groups is 1. The molecule has 2 rings (SSSR count). The van der Waals surface area contributed by atoms with Gasteiger partial charge < -0.3 is 11.1 Å². The van der Waals surface area contributed by atoms with Gasteiger partial charge in [-0.3, -0.25) is 10.1 Å². The van der Waals surface area contributed by atoms with Crippen LogP contribution in [-0.2, 0) is 0 Å². The Balaban J connectivity index is 2.11. The van der Waals surface area contributed by atoms with Crippen LogP contribution in [0.25, 0.3) is 0 Å². The molecule has 0 heterocycles. The lowest BCUT2D eigenvalue weighted by Crippen LogP contribution is -2.29. The van der Waals surface area contributed by atoms with Gasteiger partial charge in [-0.1, -0.05) is 32.3 Å². The van der Waals surface area contributed by atoms with E-state index in [-0.39, 0.29) is 16.8 Å². The maximum absolute atomic E-state index is 11.1. The van der Waals surface area contributed by atoms with E-state index in [1.165, 1.54) is 32.1 Å². The molecule has 0 spiro atoms. The van der Waals surface area contributed by atoms with Crippen LogP contribution < -0.4 is 11.1 Å². The molecule has 0 saturated heterocycles. The van der Waals surface area contributed by atoms with Gasteiger partial charge in [0.25, 0.3) is 0 Å². The molecule has 1 fully saturated rings. The summed E-state index contributed by atoms with van der Waals surface area (Å²) in [5, 5.41) is 14.3. The smallest absolute Gasteiger partial charge is 0.314 e. The fourth-order valence-corrected chi connectivity index (χ4v) is 2.80. The van der Waals surface area contributed by atoms with Crippen LogP contribution in [0, 0.1) is 15.5 Å². The van der Waals surface area contributed by atoms with E-state index < -0.39 is 4.92 Å². The Hall–Kier alpha value is -1.78. The lowest BCUT2D eigenvalue weighted by atomic mass is 9.76. The molecule has 0 atom stereocenters. The molecule has 5 nitrogen and oxygen atoms in total. The highest BCUT2D eigenvalue weighted by Gasteiger charge is 2.27. The Morgan fingerprint density at radius 3 is 2.68 bits per heavy atom. The van der Waals surface area contributed by atoms with Crippen molar-refractivity contribution >= 4 is 17.1 Å². The maximum Gasteiger partial charge on any atom is 0.314 e. The molecule has 1 aliphatic rings. The number of nitrogens with two attached hydrogens (primary N) is 1. The van der Waals surface area contributed by atoms with Crippen LogP contribution in [-0.4, -0.2) is 11.5 Å². The van der Waals surface area contributed by atoms with Crippen molar-refractivity contribution in [2.24, 2.45) is 5.41 Å². The Morgan fingerprint density at radius 1 is 1.37 bits per heavy atom. The van der Waals surface area contributed by atoms with Crippen LogP contribution in [0.15, 0.2) is 18.2 Å². The first-order valence-corrected chi connectivity index (χ1v) is 6.79. The highest BCUT2D eigenvalue weighted by atomic mass is 16.6. The molecule has 104 valence electrons. The zero-order chi connectivity index (χ0) is 13.9. The number of hydrogen-bond acceptors (Lipinski definition) is 4. The minimum absolute atomic E-state index is 0.0121. The van der Waals surface area contributed by atoms with Crippen molar-refractivity contribution < 1.29 is 4.92 Å². The molecule has 0 bridgehead atoms. The topological polar surface area (TPSA) is 81.2 Å². The summed E-state index contributed by atoms with van der Waals surface area (Å²) in [4.78, 5) is 10.6. The van der Waals surface area contributed by atoms with Crippen LogP contribution in [0.2, 0.25) is 0 Å². The Morgan fingerprint density at radius 2 is 2.05 bits per heavy atom. The predicted molar refractivity (Wildman–Crippen MR) is 77.2 cm³/mol. The van der Waals surface area contributed by atoms with E-state index in [0.29, 0.717) is 5.69 Å². The van der Waals surface area contributed by atoms with Gasteiger partial charge >= 0.3 is 5.69 Å². The zero-order valence-electron chi connectivity index (χ0n) is 11.3. The molecule has 0 radical (unpaired) electrons. The highest BCUT2D eigenvalue weighted by molar-refractivity contribution is 5.74. The van der Waals surface area contributed by atoms with E-state index in [9.17, 15) is 10.1 Å². The van der Waals surface area contributed by atoms with Gasteiger partial charge in [-0.15, -0.1) is 0 Å². The third-order valence-electron chi connectivity index (χ3n) is 4.02. The van der Waals surface area contributed by atoms with Gasteiger partial charge in [0.1, 0.15) is 11.4 Å². The van der Waals surface area contributed by atoms with Crippen molar-refractivity contribution in [1.29, 1.82) is 0 Å². The number of hydrogen-bond donors (Lipinski definition) is 2. The molecule has 1 saturated carbocycles. The number of nitro benzene ring substituents is 1. The number of rotatable bonds is 4. The standard InChI is InChI=1S/C14H21N3O2/c1-14(8-3-2-4-9-14)10-16-12-7-5-6-11(15)13(12)17(18)19/h5-7,16H,2-4,8-10,15H2,1H3. The largest absolute Gasteiger partial charge is 0.393 e. The Kier molecular flexibility index (Phi) is 3.93. The van der Waals surface area contributed by atoms with Crippen LogP contribution in [0.1, 0.15) is 39.0 Å². The molecular formula is C14H21N3O2. The minimum Gasteiger partial charge on any atom is -0.393 e. The summed E-state index contributed by atoms with van der Waals surface area (Å²) >= 11 is 0. The third kappa shape index (κ3) is 3.16. The minimum atomic E-state index is -0.416. The summed E-state index contributed by atoms with van der Waals surface area (Å²) in [6.45, 7) is 3.01. The SMILES string of the molecule is CC1(CNc2cccc(N)c2[N+](=O)[O-])CCCCC1. The summed E-state index contributed by atoms with van der Waals surface area (Å²) in [6.07, 6.45) is 6.15. The van der Waals surface area contributed by atoms with Crippen LogP contribution in [0.5, 0.6) is 0 Å². The van der Waals surface area contributed by atoms with E-state index >= 15 is 0 Å². The zero-order valence-corrected chi connectivity index (χ0v) is 11.3. The maximum atomic E-state index is 11.1. The van der Waals surface area contributed by atoms with Crippen molar-refractivity contribution in [1.82, 2.24) is 0 Å². The number of benzene rings is 1. The van der Waals surface area contributed by atoms with Crippen molar-refractivity contribution in [2.75, 3.05) is 17.6 Å². The van der Waals surface area contributed by atoms with E-state index in [2.05, 4.69) is 12.2 Å². The van der Waals surface area contributed by atoms with Crippen LogP contribution in [0.3, 0.4) is 0 Å². The van der Waals surface area contributed by atoms with Gasteiger partial charge in [-0.05, 0) is 30.4 Å². The van der Waals surface area contributed by atoms with E-state index in [4.69, 9.17) is 5.73 Å². The van der Waals surface area contributed by atoms with E-state index in [1.807, 2.05) is 0 Å². The molecule has 19 heavy (non-hydrogen) atoms. The van der Waals surface area contributed by atoms with Gasteiger partial charge in [0.2, 0.25) is 0 Å². The molecule has 0 amide bonds. The highest BCUT2D eigenvalue weighted by Crippen LogP contribution is 2.37.